The molecule has 78 valence electrons. The van der Waals surface area contributed by atoms with Gasteiger partial charge >= 0.3 is 0 Å². The predicted octanol–water partition coefficient (Wildman–Crippen LogP) is 3.37. The van der Waals surface area contributed by atoms with Crippen molar-refractivity contribution in [1.29, 1.82) is 0 Å². The Hall–Kier alpha value is -0.640. The average molecular weight is 265 g/mol. The minimum Gasteiger partial charge on any atom is -0.490 e. The van der Waals surface area contributed by atoms with Crippen LogP contribution in [0.4, 0.5) is 8.78 Å². The summed E-state index contributed by atoms with van der Waals surface area (Å²) in [4.78, 5) is 0. The molecule has 1 atom stereocenters. The van der Waals surface area contributed by atoms with Crippen molar-refractivity contribution in [2.75, 3.05) is 11.9 Å². The number of rotatable bonds is 4. The maximum absolute atomic E-state index is 13.0. The van der Waals surface area contributed by atoms with Crippen LogP contribution in [0.5, 0.6) is 5.75 Å². The molecule has 0 saturated heterocycles. The summed E-state index contributed by atoms with van der Waals surface area (Å²) in [5.74, 6) is -1.57. The van der Waals surface area contributed by atoms with E-state index in [0.29, 0.717) is 6.61 Å². The highest BCUT2D eigenvalue weighted by atomic mass is 79.9. The highest BCUT2D eigenvalue weighted by Crippen LogP contribution is 2.19. The highest BCUT2D eigenvalue weighted by molar-refractivity contribution is 9.09. The number of hydrogen-bond donors (Lipinski definition) is 0. The molecule has 1 rings (SSSR count). The number of ether oxygens (including phenoxy) is 1. The van der Waals surface area contributed by atoms with Crippen LogP contribution in [0.25, 0.3) is 0 Å². The van der Waals surface area contributed by atoms with Crippen molar-refractivity contribution < 1.29 is 13.5 Å². The lowest BCUT2D eigenvalue weighted by atomic mass is 10.2. The maximum Gasteiger partial charge on any atom is 0.200 e. The summed E-state index contributed by atoms with van der Waals surface area (Å²) in [6, 6.07) is 3.90. The van der Waals surface area contributed by atoms with Gasteiger partial charge in [0.05, 0.1) is 6.61 Å². The quantitative estimate of drug-likeness (QED) is 0.758. The van der Waals surface area contributed by atoms with Crippen LogP contribution in [-0.2, 0) is 0 Å². The monoisotopic (exact) mass is 264 g/mol. The lowest BCUT2D eigenvalue weighted by Crippen LogP contribution is -2.10. The van der Waals surface area contributed by atoms with Crippen molar-refractivity contribution in [3.05, 3.63) is 29.8 Å². The van der Waals surface area contributed by atoms with Crippen LogP contribution >= 0.6 is 15.9 Å². The van der Waals surface area contributed by atoms with E-state index in [9.17, 15) is 8.78 Å². The van der Waals surface area contributed by atoms with E-state index in [2.05, 4.69) is 15.9 Å². The fourth-order valence-electron chi connectivity index (χ4n) is 0.872. The number of hydrogen-bond acceptors (Lipinski definition) is 1. The summed E-state index contributed by atoms with van der Waals surface area (Å²) < 4.78 is 30.9. The molecule has 0 bridgehead atoms. The summed E-state index contributed by atoms with van der Waals surface area (Å²) in [7, 11) is 0. The zero-order valence-corrected chi connectivity index (χ0v) is 9.35. The fourth-order valence-corrected chi connectivity index (χ4v) is 1.06. The van der Waals surface area contributed by atoms with Gasteiger partial charge in [-0.1, -0.05) is 28.9 Å². The Bertz CT molecular complexity index is 304. The Morgan fingerprint density at radius 1 is 1.43 bits per heavy atom. The van der Waals surface area contributed by atoms with Crippen molar-refractivity contribution in [3.63, 3.8) is 0 Å². The van der Waals surface area contributed by atoms with Crippen LogP contribution in [0.2, 0.25) is 0 Å². The molecule has 1 aromatic rings. The minimum absolute atomic E-state index is 0.0298. The van der Waals surface area contributed by atoms with Crippen molar-refractivity contribution in [2.24, 2.45) is 5.92 Å². The largest absolute Gasteiger partial charge is 0.490 e. The van der Waals surface area contributed by atoms with Gasteiger partial charge in [-0.3, -0.25) is 0 Å². The first kappa shape index (κ1) is 11.4. The molecule has 0 amide bonds. The molecule has 14 heavy (non-hydrogen) atoms. The second kappa shape index (κ2) is 5.29. The highest BCUT2D eigenvalue weighted by Gasteiger charge is 2.09. The van der Waals surface area contributed by atoms with Gasteiger partial charge in [-0.25, -0.2) is 4.39 Å². The molecule has 0 aromatic heterocycles. The summed E-state index contributed by atoms with van der Waals surface area (Å²) in [5, 5.41) is 0.768. The molecule has 0 saturated carbocycles. The van der Waals surface area contributed by atoms with E-state index >= 15 is 0 Å². The van der Waals surface area contributed by atoms with Gasteiger partial charge in [0.2, 0.25) is 5.82 Å². The average Bonchev–Trinajstić information content (AvgIpc) is 2.20. The standard InChI is InChI=1S/C10H11BrF2O/c1-7(5-11)6-14-9-4-2-3-8(12)10(9)13/h2-4,7H,5-6H2,1H3. The Balaban J connectivity index is 2.63. The van der Waals surface area contributed by atoms with Crippen molar-refractivity contribution in [1.82, 2.24) is 0 Å². The van der Waals surface area contributed by atoms with E-state index in [1.54, 1.807) is 0 Å². The van der Waals surface area contributed by atoms with Gasteiger partial charge in [-0.15, -0.1) is 0 Å². The molecule has 0 fully saturated rings. The zero-order valence-electron chi connectivity index (χ0n) is 7.77. The number of halogens is 3. The molecule has 0 radical (unpaired) electrons. The van der Waals surface area contributed by atoms with Crippen molar-refractivity contribution >= 4 is 15.9 Å². The minimum atomic E-state index is -0.922. The van der Waals surface area contributed by atoms with Crippen LogP contribution in [0.15, 0.2) is 18.2 Å². The molecule has 4 heteroatoms. The molecular formula is C10H11BrF2O. The molecular weight excluding hydrogens is 254 g/mol. The normalized spacial score (nSPS) is 12.6. The third-order valence-electron chi connectivity index (χ3n) is 1.70. The van der Waals surface area contributed by atoms with Crippen LogP contribution in [0, 0.1) is 17.6 Å². The van der Waals surface area contributed by atoms with Gasteiger partial charge in [-0.2, -0.15) is 4.39 Å². The summed E-state index contributed by atoms with van der Waals surface area (Å²) >= 11 is 3.27. The first-order chi connectivity index (χ1) is 6.65. The Morgan fingerprint density at radius 3 is 2.79 bits per heavy atom. The zero-order chi connectivity index (χ0) is 10.6. The van der Waals surface area contributed by atoms with Gasteiger partial charge in [0.15, 0.2) is 11.6 Å². The predicted molar refractivity (Wildman–Crippen MR) is 54.8 cm³/mol. The molecule has 1 aromatic carbocycles. The fraction of sp³-hybridized carbons (Fsp3) is 0.400. The van der Waals surface area contributed by atoms with E-state index in [1.165, 1.54) is 12.1 Å². The summed E-state index contributed by atoms with van der Waals surface area (Å²) in [6.45, 7) is 2.32. The molecule has 0 aliphatic carbocycles. The van der Waals surface area contributed by atoms with Gasteiger partial charge in [0.25, 0.3) is 0 Å². The smallest absolute Gasteiger partial charge is 0.200 e. The molecule has 0 aliphatic heterocycles. The number of alkyl halides is 1. The Labute approximate surface area is 90.2 Å². The van der Waals surface area contributed by atoms with Crippen LogP contribution in [-0.4, -0.2) is 11.9 Å². The lowest BCUT2D eigenvalue weighted by molar-refractivity contribution is 0.258. The van der Waals surface area contributed by atoms with Crippen LogP contribution in [0.1, 0.15) is 6.92 Å². The maximum atomic E-state index is 13.0. The van der Waals surface area contributed by atoms with Gasteiger partial charge in [0, 0.05) is 5.33 Å². The lowest BCUT2D eigenvalue weighted by Gasteiger charge is -2.10. The van der Waals surface area contributed by atoms with Gasteiger partial charge in [-0.05, 0) is 18.1 Å². The molecule has 1 unspecified atom stereocenters. The topological polar surface area (TPSA) is 9.23 Å². The SMILES string of the molecule is CC(CBr)COc1cccc(F)c1F. The van der Waals surface area contributed by atoms with E-state index in [-0.39, 0.29) is 11.7 Å². The molecule has 1 nitrogen and oxygen atoms in total. The van der Waals surface area contributed by atoms with E-state index in [1.807, 2.05) is 6.92 Å². The third-order valence-corrected chi connectivity index (χ3v) is 2.81. The second-order valence-corrected chi connectivity index (χ2v) is 3.77. The van der Waals surface area contributed by atoms with E-state index in [4.69, 9.17) is 4.74 Å². The van der Waals surface area contributed by atoms with E-state index in [0.717, 1.165) is 11.4 Å². The third kappa shape index (κ3) is 2.94. The van der Waals surface area contributed by atoms with Crippen LogP contribution < -0.4 is 4.74 Å². The Morgan fingerprint density at radius 2 is 2.14 bits per heavy atom. The van der Waals surface area contributed by atoms with Crippen LogP contribution in [0.3, 0.4) is 0 Å². The second-order valence-electron chi connectivity index (χ2n) is 3.12. The summed E-state index contributed by atoms with van der Waals surface area (Å²) in [6.07, 6.45) is 0. The Kier molecular flexibility index (Phi) is 4.32. The molecule has 0 spiro atoms. The first-order valence-electron chi connectivity index (χ1n) is 4.28. The molecule has 0 aliphatic rings. The van der Waals surface area contributed by atoms with E-state index < -0.39 is 11.6 Å². The molecule has 0 heterocycles. The van der Waals surface area contributed by atoms with Gasteiger partial charge in [0.1, 0.15) is 0 Å². The first-order valence-corrected chi connectivity index (χ1v) is 5.40. The summed E-state index contributed by atoms with van der Waals surface area (Å²) in [5.41, 5.74) is 0. The van der Waals surface area contributed by atoms with Crippen molar-refractivity contribution in [3.8, 4) is 5.75 Å². The number of benzene rings is 1. The van der Waals surface area contributed by atoms with Crippen molar-refractivity contribution in [2.45, 2.75) is 6.92 Å². The molecule has 0 N–H and O–H groups in total. The van der Waals surface area contributed by atoms with Gasteiger partial charge < -0.3 is 4.74 Å².